The minimum atomic E-state index is -0.0965. The maximum atomic E-state index is 13.7. The van der Waals surface area contributed by atoms with E-state index in [4.69, 9.17) is 4.74 Å². The molecule has 1 saturated heterocycles. The summed E-state index contributed by atoms with van der Waals surface area (Å²) in [6.07, 6.45) is 2.26. The van der Waals surface area contributed by atoms with E-state index in [-0.39, 0.29) is 5.82 Å². The van der Waals surface area contributed by atoms with Crippen molar-refractivity contribution in [3.63, 3.8) is 0 Å². The minimum Gasteiger partial charge on any atom is -0.376 e. The molecule has 122 valence electrons. The number of benzene rings is 2. The van der Waals surface area contributed by atoms with Crippen molar-refractivity contribution in [3.05, 3.63) is 71.5 Å². The van der Waals surface area contributed by atoms with Gasteiger partial charge in [-0.05, 0) is 43.5 Å². The van der Waals surface area contributed by atoms with E-state index in [9.17, 15) is 4.39 Å². The summed E-state index contributed by atoms with van der Waals surface area (Å²) >= 11 is 0. The van der Waals surface area contributed by atoms with Crippen molar-refractivity contribution in [2.75, 3.05) is 19.7 Å². The molecule has 0 amide bonds. The summed E-state index contributed by atoms with van der Waals surface area (Å²) in [5.74, 6) is 0.524. The van der Waals surface area contributed by atoms with Gasteiger partial charge in [-0.3, -0.25) is 4.90 Å². The van der Waals surface area contributed by atoms with Crippen molar-refractivity contribution in [1.82, 2.24) is 4.90 Å². The van der Waals surface area contributed by atoms with Crippen LogP contribution in [0.25, 0.3) is 0 Å². The topological polar surface area (TPSA) is 12.5 Å². The number of likely N-dealkylation sites (tertiary alicyclic amines) is 1. The highest BCUT2D eigenvalue weighted by Gasteiger charge is 2.20. The van der Waals surface area contributed by atoms with E-state index in [1.54, 1.807) is 12.1 Å². The number of hydrogen-bond donors (Lipinski definition) is 0. The average Bonchev–Trinajstić information content (AvgIpc) is 2.59. The molecule has 0 bridgehead atoms. The van der Waals surface area contributed by atoms with E-state index in [1.807, 2.05) is 30.3 Å². The third-order valence-corrected chi connectivity index (χ3v) is 4.52. The fourth-order valence-corrected chi connectivity index (χ4v) is 3.10. The summed E-state index contributed by atoms with van der Waals surface area (Å²) < 4.78 is 19.6. The van der Waals surface area contributed by atoms with Gasteiger partial charge >= 0.3 is 0 Å². The molecule has 1 heterocycles. The molecule has 0 spiro atoms. The zero-order valence-electron chi connectivity index (χ0n) is 13.5. The fourth-order valence-electron chi connectivity index (χ4n) is 3.10. The van der Waals surface area contributed by atoms with Crippen LogP contribution in [0.5, 0.6) is 0 Å². The van der Waals surface area contributed by atoms with Gasteiger partial charge in [0, 0.05) is 18.7 Å². The van der Waals surface area contributed by atoms with Gasteiger partial charge < -0.3 is 4.74 Å². The van der Waals surface area contributed by atoms with Crippen molar-refractivity contribution >= 4 is 0 Å². The van der Waals surface area contributed by atoms with Crippen molar-refractivity contribution < 1.29 is 9.13 Å². The Kier molecular flexibility index (Phi) is 5.78. The second-order valence-corrected chi connectivity index (χ2v) is 6.31. The molecular weight excluding hydrogens is 289 g/mol. The normalized spacial score (nSPS) is 16.6. The highest BCUT2D eigenvalue weighted by atomic mass is 19.1. The summed E-state index contributed by atoms with van der Waals surface area (Å²) in [5, 5.41) is 0. The van der Waals surface area contributed by atoms with Crippen LogP contribution in [0.4, 0.5) is 4.39 Å². The first kappa shape index (κ1) is 16.2. The van der Waals surface area contributed by atoms with E-state index in [1.165, 1.54) is 5.56 Å². The van der Waals surface area contributed by atoms with Crippen LogP contribution in [0.1, 0.15) is 24.0 Å². The molecule has 0 aromatic heterocycles. The summed E-state index contributed by atoms with van der Waals surface area (Å²) in [7, 11) is 0. The molecule has 2 nitrogen and oxygen atoms in total. The van der Waals surface area contributed by atoms with Gasteiger partial charge in [-0.1, -0.05) is 48.5 Å². The quantitative estimate of drug-likeness (QED) is 0.790. The van der Waals surface area contributed by atoms with E-state index in [0.717, 1.165) is 38.1 Å². The highest BCUT2D eigenvalue weighted by molar-refractivity contribution is 5.17. The number of nitrogens with zero attached hydrogens (tertiary/aromatic N) is 1. The Hall–Kier alpha value is -1.71. The first-order chi connectivity index (χ1) is 11.3. The molecule has 3 heteroatoms. The molecule has 0 saturated carbocycles. The molecule has 0 N–H and O–H groups in total. The van der Waals surface area contributed by atoms with Crippen LogP contribution in [-0.2, 0) is 17.9 Å². The third-order valence-electron chi connectivity index (χ3n) is 4.52. The van der Waals surface area contributed by atoms with Crippen molar-refractivity contribution in [1.29, 1.82) is 0 Å². The Bertz CT molecular complexity index is 594. The van der Waals surface area contributed by atoms with Gasteiger partial charge in [0.1, 0.15) is 5.82 Å². The highest BCUT2D eigenvalue weighted by Crippen LogP contribution is 2.20. The first-order valence-corrected chi connectivity index (χ1v) is 8.38. The molecule has 1 fully saturated rings. The van der Waals surface area contributed by atoms with Gasteiger partial charge in [0.15, 0.2) is 0 Å². The summed E-state index contributed by atoms with van der Waals surface area (Å²) in [4.78, 5) is 2.34. The van der Waals surface area contributed by atoms with E-state index in [2.05, 4.69) is 17.0 Å². The predicted molar refractivity (Wildman–Crippen MR) is 90.5 cm³/mol. The minimum absolute atomic E-state index is 0.0965. The standard InChI is InChI=1S/C20H24FNO/c21-20-9-5-4-8-19(20)14-22-12-10-18(11-13-22)16-23-15-17-6-2-1-3-7-17/h1-9,18H,10-16H2. The third kappa shape index (κ3) is 4.88. The van der Waals surface area contributed by atoms with Crippen molar-refractivity contribution in [2.24, 2.45) is 5.92 Å². The number of rotatable bonds is 6. The Labute approximate surface area is 137 Å². The number of halogens is 1. The van der Waals surface area contributed by atoms with Crippen molar-refractivity contribution in [2.45, 2.75) is 26.0 Å². The molecule has 0 radical (unpaired) electrons. The molecule has 0 atom stereocenters. The predicted octanol–water partition coefficient (Wildman–Crippen LogP) is 4.25. The average molecular weight is 313 g/mol. The van der Waals surface area contributed by atoms with Gasteiger partial charge in [0.25, 0.3) is 0 Å². The zero-order chi connectivity index (χ0) is 15.9. The molecule has 2 aromatic carbocycles. The fraction of sp³-hybridized carbons (Fsp3) is 0.400. The Balaban J connectivity index is 1.38. The SMILES string of the molecule is Fc1ccccc1CN1CCC(COCc2ccccc2)CC1. The van der Waals surface area contributed by atoms with Crippen LogP contribution in [0.3, 0.4) is 0 Å². The monoisotopic (exact) mass is 313 g/mol. The molecular formula is C20H24FNO. The largest absolute Gasteiger partial charge is 0.376 e. The lowest BCUT2D eigenvalue weighted by Crippen LogP contribution is -2.34. The number of piperidine rings is 1. The maximum Gasteiger partial charge on any atom is 0.127 e. The van der Waals surface area contributed by atoms with Gasteiger partial charge in [0.2, 0.25) is 0 Å². The summed E-state index contributed by atoms with van der Waals surface area (Å²) in [6, 6.07) is 17.4. The first-order valence-electron chi connectivity index (χ1n) is 8.38. The van der Waals surface area contributed by atoms with Crippen LogP contribution in [0.2, 0.25) is 0 Å². The van der Waals surface area contributed by atoms with Gasteiger partial charge in [0.05, 0.1) is 6.61 Å². The molecule has 3 rings (SSSR count). The van der Waals surface area contributed by atoms with Crippen LogP contribution >= 0.6 is 0 Å². The van der Waals surface area contributed by atoms with Crippen LogP contribution in [0, 0.1) is 11.7 Å². The second-order valence-electron chi connectivity index (χ2n) is 6.31. The Morgan fingerprint density at radius 3 is 2.39 bits per heavy atom. The zero-order valence-corrected chi connectivity index (χ0v) is 13.5. The summed E-state index contributed by atoms with van der Waals surface area (Å²) in [5.41, 5.74) is 2.02. The Morgan fingerprint density at radius 2 is 1.65 bits per heavy atom. The van der Waals surface area contributed by atoms with Crippen LogP contribution in [-0.4, -0.2) is 24.6 Å². The van der Waals surface area contributed by atoms with Crippen molar-refractivity contribution in [3.8, 4) is 0 Å². The smallest absolute Gasteiger partial charge is 0.127 e. The second kappa shape index (κ2) is 8.23. The summed E-state index contributed by atoms with van der Waals surface area (Å²) in [6.45, 7) is 4.27. The lowest BCUT2D eigenvalue weighted by Gasteiger charge is -2.31. The Morgan fingerprint density at radius 1 is 0.957 bits per heavy atom. The number of hydrogen-bond acceptors (Lipinski definition) is 2. The van der Waals surface area contributed by atoms with Gasteiger partial charge in [-0.15, -0.1) is 0 Å². The van der Waals surface area contributed by atoms with E-state index >= 15 is 0 Å². The molecule has 1 aliphatic rings. The maximum absolute atomic E-state index is 13.7. The molecule has 0 aliphatic carbocycles. The number of ether oxygens (including phenoxy) is 1. The van der Waals surface area contributed by atoms with Gasteiger partial charge in [-0.2, -0.15) is 0 Å². The van der Waals surface area contributed by atoms with E-state index < -0.39 is 0 Å². The molecule has 2 aromatic rings. The van der Waals surface area contributed by atoms with Gasteiger partial charge in [-0.25, -0.2) is 4.39 Å². The molecule has 1 aliphatic heterocycles. The molecule has 0 unspecified atom stereocenters. The lowest BCUT2D eigenvalue weighted by molar-refractivity contribution is 0.0560. The molecule has 23 heavy (non-hydrogen) atoms. The lowest BCUT2D eigenvalue weighted by atomic mass is 9.97. The van der Waals surface area contributed by atoms with Crippen LogP contribution in [0.15, 0.2) is 54.6 Å². The van der Waals surface area contributed by atoms with E-state index in [0.29, 0.717) is 19.1 Å². The van der Waals surface area contributed by atoms with Crippen LogP contribution < -0.4 is 0 Å².